The number of nitrogens with zero attached hydrogens (tertiary/aromatic N) is 1. The van der Waals surface area contributed by atoms with Gasteiger partial charge in [-0.1, -0.05) is 12.1 Å². The van der Waals surface area contributed by atoms with Gasteiger partial charge in [-0.3, -0.25) is 9.69 Å². The molecule has 1 aliphatic heterocycles. The first-order chi connectivity index (χ1) is 9.56. The topological polar surface area (TPSA) is 58.6 Å². The van der Waals surface area contributed by atoms with Crippen molar-refractivity contribution in [3.8, 4) is 0 Å². The average Bonchev–Trinajstić information content (AvgIpc) is 2.73. The summed E-state index contributed by atoms with van der Waals surface area (Å²) in [6, 6.07) is 6.78. The third-order valence-electron chi connectivity index (χ3n) is 2.92. The molecular formula is C14H14N2O3S. The van der Waals surface area contributed by atoms with E-state index < -0.39 is 5.97 Å². The largest absolute Gasteiger partial charge is 0.465 e. The van der Waals surface area contributed by atoms with Gasteiger partial charge in [0.25, 0.3) is 5.91 Å². The van der Waals surface area contributed by atoms with Crippen LogP contribution in [-0.4, -0.2) is 35.5 Å². The molecule has 20 heavy (non-hydrogen) atoms. The van der Waals surface area contributed by atoms with Crippen LogP contribution in [0.1, 0.15) is 22.8 Å². The molecule has 1 aliphatic rings. The fourth-order valence-electron chi connectivity index (χ4n) is 1.86. The van der Waals surface area contributed by atoms with Crippen LogP contribution in [0.4, 0.5) is 0 Å². The van der Waals surface area contributed by atoms with E-state index in [0.29, 0.717) is 22.9 Å². The Morgan fingerprint density at radius 2 is 2.05 bits per heavy atom. The lowest BCUT2D eigenvalue weighted by molar-refractivity contribution is -0.122. The number of esters is 1. The molecule has 1 fully saturated rings. The van der Waals surface area contributed by atoms with E-state index in [9.17, 15) is 9.59 Å². The van der Waals surface area contributed by atoms with Gasteiger partial charge in [-0.25, -0.2) is 4.79 Å². The minimum Gasteiger partial charge on any atom is -0.465 e. The maximum Gasteiger partial charge on any atom is 0.337 e. The smallest absolute Gasteiger partial charge is 0.337 e. The van der Waals surface area contributed by atoms with E-state index >= 15 is 0 Å². The fraction of sp³-hybridized carbons (Fsp3) is 0.214. The lowest BCUT2D eigenvalue weighted by Gasteiger charge is -2.08. The molecule has 0 spiro atoms. The lowest BCUT2D eigenvalue weighted by Crippen LogP contribution is -2.30. The fourth-order valence-corrected chi connectivity index (χ4v) is 2.18. The van der Waals surface area contributed by atoms with Crippen molar-refractivity contribution in [1.82, 2.24) is 10.2 Å². The van der Waals surface area contributed by atoms with E-state index in [2.05, 4.69) is 10.1 Å². The Hall–Kier alpha value is -2.21. The summed E-state index contributed by atoms with van der Waals surface area (Å²) >= 11 is 5.07. The second-order valence-corrected chi connectivity index (χ2v) is 4.54. The van der Waals surface area contributed by atoms with Crippen LogP contribution in [0.15, 0.2) is 30.0 Å². The van der Waals surface area contributed by atoms with Gasteiger partial charge in [-0.05, 0) is 42.9 Å². The van der Waals surface area contributed by atoms with E-state index in [1.807, 2.05) is 6.92 Å². The Kier molecular flexibility index (Phi) is 4.14. The molecule has 1 saturated heterocycles. The Labute approximate surface area is 122 Å². The van der Waals surface area contributed by atoms with Crippen molar-refractivity contribution in [2.75, 3.05) is 13.7 Å². The zero-order valence-electron chi connectivity index (χ0n) is 11.2. The van der Waals surface area contributed by atoms with Gasteiger partial charge in [0.1, 0.15) is 5.70 Å². The van der Waals surface area contributed by atoms with Crippen molar-refractivity contribution >= 4 is 35.3 Å². The highest BCUT2D eigenvalue weighted by atomic mass is 32.1. The minimum atomic E-state index is -0.391. The number of methoxy groups -OCH3 is 1. The van der Waals surface area contributed by atoms with E-state index in [1.165, 1.54) is 12.0 Å². The van der Waals surface area contributed by atoms with Gasteiger partial charge in [0.05, 0.1) is 12.7 Å². The second-order valence-electron chi connectivity index (χ2n) is 4.15. The number of rotatable bonds is 3. The van der Waals surface area contributed by atoms with Crippen molar-refractivity contribution in [3.05, 3.63) is 41.1 Å². The van der Waals surface area contributed by atoms with Gasteiger partial charge in [-0.15, -0.1) is 0 Å². The molecule has 0 saturated carbocycles. The molecule has 1 amide bonds. The van der Waals surface area contributed by atoms with Crippen LogP contribution < -0.4 is 5.32 Å². The summed E-state index contributed by atoms with van der Waals surface area (Å²) in [7, 11) is 1.33. The lowest BCUT2D eigenvalue weighted by atomic mass is 10.1. The maximum absolute atomic E-state index is 12.0. The quantitative estimate of drug-likeness (QED) is 0.520. The molecule has 1 aromatic rings. The number of thiocarbonyl (C=S) groups is 1. The number of carbonyl (C=O) groups excluding carboxylic acids is 2. The Balaban J connectivity index is 2.22. The summed E-state index contributed by atoms with van der Waals surface area (Å²) < 4.78 is 4.62. The zero-order valence-corrected chi connectivity index (χ0v) is 12.0. The first kappa shape index (κ1) is 14.2. The highest BCUT2D eigenvalue weighted by Crippen LogP contribution is 2.14. The SMILES string of the molecule is CCN1C(=O)/C(=C\c2ccc(C(=O)OC)cc2)NC1=S. The molecule has 0 atom stereocenters. The number of hydrogen-bond acceptors (Lipinski definition) is 4. The number of ether oxygens (including phenoxy) is 1. The zero-order chi connectivity index (χ0) is 14.7. The number of benzene rings is 1. The highest BCUT2D eigenvalue weighted by molar-refractivity contribution is 7.80. The third kappa shape index (κ3) is 2.70. The number of likely N-dealkylation sites (N-methyl/N-ethyl adjacent to an activating group) is 1. The molecule has 0 aromatic heterocycles. The van der Waals surface area contributed by atoms with Crippen molar-refractivity contribution in [2.45, 2.75) is 6.92 Å². The van der Waals surface area contributed by atoms with Crippen LogP contribution in [0, 0.1) is 0 Å². The van der Waals surface area contributed by atoms with Crippen molar-refractivity contribution < 1.29 is 14.3 Å². The van der Waals surface area contributed by atoms with Gasteiger partial charge >= 0.3 is 5.97 Å². The van der Waals surface area contributed by atoms with Crippen molar-refractivity contribution in [1.29, 1.82) is 0 Å². The molecule has 0 aliphatic carbocycles. The van der Waals surface area contributed by atoms with E-state index in [-0.39, 0.29) is 5.91 Å². The maximum atomic E-state index is 12.0. The predicted molar refractivity (Wildman–Crippen MR) is 78.9 cm³/mol. The first-order valence-corrected chi connectivity index (χ1v) is 6.50. The molecule has 1 N–H and O–H groups in total. The van der Waals surface area contributed by atoms with Gasteiger partial charge in [0.15, 0.2) is 5.11 Å². The summed E-state index contributed by atoms with van der Waals surface area (Å²) in [5.41, 5.74) is 1.70. The monoisotopic (exact) mass is 290 g/mol. The summed E-state index contributed by atoms with van der Waals surface area (Å²) in [6.45, 7) is 2.39. The summed E-state index contributed by atoms with van der Waals surface area (Å²) in [5.74, 6) is -0.535. The Morgan fingerprint density at radius 3 is 2.55 bits per heavy atom. The van der Waals surface area contributed by atoms with Crippen LogP contribution >= 0.6 is 12.2 Å². The molecule has 0 unspecified atom stereocenters. The predicted octanol–water partition coefficient (Wildman–Crippen LogP) is 1.55. The number of nitrogens with one attached hydrogen (secondary N) is 1. The van der Waals surface area contributed by atoms with Crippen molar-refractivity contribution in [3.63, 3.8) is 0 Å². The number of carbonyl (C=O) groups is 2. The minimum absolute atomic E-state index is 0.144. The highest BCUT2D eigenvalue weighted by Gasteiger charge is 2.28. The van der Waals surface area contributed by atoms with E-state index in [1.54, 1.807) is 30.3 Å². The van der Waals surface area contributed by atoms with E-state index in [4.69, 9.17) is 12.2 Å². The second kappa shape index (κ2) is 5.83. The molecule has 5 nitrogen and oxygen atoms in total. The molecular weight excluding hydrogens is 276 g/mol. The van der Waals surface area contributed by atoms with Gasteiger partial charge in [0.2, 0.25) is 0 Å². The molecule has 0 radical (unpaired) electrons. The van der Waals surface area contributed by atoms with Crippen LogP contribution in [0.5, 0.6) is 0 Å². The molecule has 1 heterocycles. The van der Waals surface area contributed by atoms with Gasteiger partial charge in [0, 0.05) is 6.54 Å². The molecule has 0 bridgehead atoms. The summed E-state index contributed by atoms with van der Waals surface area (Å²) in [5, 5.41) is 3.29. The standard InChI is InChI=1S/C14H14N2O3S/c1-3-16-12(17)11(15-14(16)20)8-9-4-6-10(7-5-9)13(18)19-2/h4-8H,3H2,1-2H3,(H,15,20)/b11-8+. The average molecular weight is 290 g/mol. The first-order valence-electron chi connectivity index (χ1n) is 6.09. The van der Waals surface area contributed by atoms with Crippen LogP contribution in [-0.2, 0) is 9.53 Å². The molecule has 1 aromatic carbocycles. The van der Waals surface area contributed by atoms with Crippen LogP contribution in [0.2, 0.25) is 0 Å². The number of hydrogen-bond donors (Lipinski definition) is 1. The Bertz CT molecular complexity index is 593. The van der Waals surface area contributed by atoms with Gasteiger partial charge in [-0.2, -0.15) is 0 Å². The molecule has 104 valence electrons. The van der Waals surface area contributed by atoms with Crippen LogP contribution in [0.25, 0.3) is 6.08 Å². The van der Waals surface area contributed by atoms with E-state index in [0.717, 1.165) is 5.56 Å². The number of amides is 1. The third-order valence-corrected chi connectivity index (χ3v) is 3.24. The summed E-state index contributed by atoms with van der Waals surface area (Å²) in [4.78, 5) is 24.8. The normalized spacial score (nSPS) is 16.5. The summed E-state index contributed by atoms with van der Waals surface area (Å²) in [6.07, 6.45) is 1.70. The molecule has 2 rings (SSSR count). The Morgan fingerprint density at radius 1 is 1.40 bits per heavy atom. The van der Waals surface area contributed by atoms with Crippen molar-refractivity contribution in [2.24, 2.45) is 0 Å². The van der Waals surface area contributed by atoms with Gasteiger partial charge < -0.3 is 10.1 Å². The van der Waals surface area contributed by atoms with Crippen LogP contribution in [0.3, 0.4) is 0 Å². The molecule has 6 heteroatoms.